The molecular formula is C12H18O2. The van der Waals surface area contributed by atoms with Gasteiger partial charge in [-0.3, -0.25) is 0 Å². The molecule has 2 nitrogen and oxygen atoms in total. The van der Waals surface area contributed by atoms with E-state index in [0.29, 0.717) is 12.2 Å². The van der Waals surface area contributed by atoms with Gasteiger partial charge >= 0.3 is 5.97 Å². The smallest absolute Gasteiger partial charge is 0.338 e. The summed E-state index contributed by atoms with van der Waals surface area (Å²) in [5.41, 5.74) is 1.69. The Hall–Kier alpha value is -1.31. The highest BCUT2D eigenvalue weighted by atomic mass is 16.5. The molecule has 0 aliphatic rings. The molecule has 78 valence electrons. The Morgan fingerprint density at radius 2 is 2.00 bits per heavy atom. The van der Waals surface area contributed by atoms with E-state index in [9.17, 15) is 4.79 Å². The van der Waals surface area contributed by atoms with Crippen molar-refractivity contribution in [3.63, 3.8) is 0 Å². The largest absolute Gasteiger partial charge is 0.462 e. The number of hydrogen-bond acceptors (Lipinski definition) is 2. The number of rotatable bonds is 2. The minimum atomic E-state index is -0.249. The third kappa shape index (κ3) is 4.08. The Balaban J connectivity index is 0.000000791. The highest BCUT2D eigenvalue weighted by Crippen LogP contribution is 2.05. The molecule has 0 aromatic heterocycles. The van der Waals surface area contributed by atoms with Gasteiger partial charge in [0.2, 0.25) is 0 Å². The number of esters is 1. The van der Waals surface area contributed by atoms with Gasteiger partial charge in [-0.1, -0.05) is 31.5 Å². The second-order valence-electron chi connectivity index (χ2n) is 2.59. The zero-order valence-corrected chi connectivity index (χ0v) is 9.33. The first-order chi connectivity index (χ1) is 6.74. The zero-order chi connectivity index (χ0) is 11.0. The Bertz CT molecular complexity index is 279. The molecule has 0 radical (unpaired) electrons. The van der Waals surface area contributed by atoms with Gasteiger partial charge in [0.25, 0.3) is 0 Å². The number of aryl methyl sites for hydroxylation is 1. The van der Waals surface area contributed by atoms with Crippen LogP contribution in [-0.2, 0) is 4.74 Å². The van der Waals surface area contributed by atoms with E-state index < -0.39 is 0 Å². The summed E-state index contributed by atoms with van der Waals surface area (Å²) in [5.74, 6) is -0.249. The van der Waals surface area contributed by atoms with Gasteiger partial charge in [0, 0.05) is 0 Å². The van der Waals surface area contributed by atoms with Gasteiger partial charge in [-0.2, -0.15) is 0 Å². The molecule has 0 aliphatic heterocycles. The van der Waals surface area contributed by atoms with Crippen LogP contribution in [0.5, 0.6) is 0 Å². The first kappa shape index (κ1) is 12.7. The number of carbonyl (C=O) groups is 1. The molecule has 1 aromatic carbocycles. The summed E-state index contributed by atoms with van der Waals surface area (Å²) in [6.07, 6.45) is 0. The standard InChI is InChI=1S/C10H12O2.C2H6/c1-3-12-10(11)9-6-4-5-8(2)7-9;1-2/h4-7H,3H2,1-2H3;1-2H3. The predicted octanol–water partition coefficient (Wildman–Crippen LogP) is 3.20. The minimum Gasteiger partial charge on any atom is -0.462 e. The molecule has 0 unspecified atom stereocenters. The number of carbonyl (C=O) groups excluding carboxylic acids is 1. The minimum absolute atomic E-state index is 0.249. The average Bonchev–Trinajstić information content (AvgIpc) is 2.21. The highest BCUT2D eigenvalue weighted by molar-refractivity contribution is 5.89. The molecule has 0 spiro atoms. The van der Waals surface area contributed by atoms with Gasteiger partial charge in [-0.15, -0.1) is 0 Å². The van der Waals surface area contributed by atoms with Crippen molar-refractivity contribution in [3.05, 3.63) is 35.4 Å². The van der Waals surface area contributed by atoms with Gasteiger partial charge in [-0.25, -0.2) is 4.79 Å². The van der Waals surface area contributed by atoms with E-state index in [4.69, 9.17) is 4.74 Å². The van der Waals surface area contributed by atoms with Gasteiger partial charge in [-0.05, 0) is 26.0 Å². The van der Waals surface area contributed by atoms with E-state index in [1.165, 1.54) is 0 Å². The van der Waals surface area contributed by atoms with Crippen LogP contribution >= 0.6 is 0 Å². The number of benzene rings is 1. The molecule has 0 fully saturated rings. The topological polar surface area (TPSA) is 26.3 Å². The fraction of sp³-hybridized carbons (Fsp3) is 0.417. The maximum atomic E-state index is 11.2. The molecule has 0 amide bonds. The number of hydrogen-bond donors (Lipinski definition) is 0. The van der Waals surface area contributed by atoms with Crippen LogP contribution in [-0.4, -0.2) is 12.6 Å². The van der Waals surface area contributed by atoms with E-state index in [-0.39, 0.29) is 5.97 Å². The third-order valence-electron chi connectivity index (χ3n) is 1.53. The molecule has 0 saturated carbocycles. The molecule has 0 atom stereocenters. The van der Waals surface area contributed by atoms with Gasteiger partial charge in [0.1, 0.15) is 0 Å². The third-order valence-corrected chi connectivity index (χ3v) is 1.53. The summed E-state index contributed by atoms with van der Waals surface area (Å²) in [7, 11) is 0. The fourth-order valence-corrected chi connectivity index (χ4v) is 0.986. The highest BCUT2D eigenvalue weighted by Gasteiger charge is 2.04. The maximum Gasteiger partial charge on any atom is 0.338 e. The van der Waals surface area contributed by atoms with Crippen molar-refractivity contribution in [2.24, 2.45) is 0 Å². The Labute approximate surface area is 85.9 Å². The molecular weight excluding hydrogens is 176 g/mol. The molecule has 1 rings (SSSR count). The summed E-state index contributed by atoms with van der Waals surface area (Å²) in [4.78, 5) is 11.2. The van der Waals surface area contributed by atoms with Crippen molar-refractivity contribution in [2.75, 3.05) is 6.61 Å². The quantitative estimate of drug-likeness (QED) is 0.676. The zero-order valence-electron chi connectivity index (χ0n) is 9.33. The lowest BCUT2D eigenvalue weighted by atomic mass is 10.1. The van der Waals surface area contributed by atoms with Crippen molar-refractivity contribution >= 4 is 5.97 Å². The summed E-state index contributed by atoms with van der Waals surface area (Å²) in [6, 6.07) is 7.37. The van der Waals surface area contributed by atoms with Gasteiger partial charge in [0.15, 0.2) is 0 Å². The van der Waals surface area contributed by atoms with Crippen molar-refractivity contribution in [3.8, 4) is 0 Å². The normalized spacial score (nSPS) is 8.57. The molecule has 14 heavy (non-hydrogen) atoms. The first-order valence-corrected chi connectivity index (χ1v) is 4.98. The maximum absolute atomic E-state index is 11.2. The van der Waals surface area contributed by atoms with Gasteiger partial charge < -0.3 is 4.74 Å². The monoisotopic (exact) mass is 194 g/mol. The first-order valence-electron chi connectivity index (χ1n) is 4.98. The van der Waals surface area contributed by atoms with E-state index in [2.05, 4.69) is 0 Å². The van der Waals surface area contributed by atoms with Crippen LogP contribution in [0.2, 0.25) is 0 Å². The van der Waals surface area contributed by atoms with Crippen molar-refractivity contribution in [2.45, 2.75) is 27.7 Å². The van der Waals surface area contributed by atoms with Crippen molar-refractivity contribution < 1.29 is 9.53 Å². The lowest BCUT2D eigenvalue weighted by Gasteiger charge is -2.01. The van der Waals surface area contributed by atoms with Crippen LogP contribution in [0, 0.1) is 6.92 Å². The van der Waals surface area contributed by atoms with E-state index >= 15 is 0 Å². The number of ether oxygens (including phenoxy) is 1. The molecule has 0 N–H and O–H groups in total. The fourth-order valence-electron chi connectivity index (χ4n) is 0.986. The molecule has 2 heteroatoms. The molecule has 0 heterocycles. The summed E-state index contributed by atoms with van der Waals surface area (Å²) >= 11 is 0. The Morgan fingerprint density at radius 3 is 2.50 bits per heavy atom. The lowest BCUT2D eigenvalue weighted by Crippen LogP contribution is -2.04. The Morgan fingerprint density at radius 1 is 1.36 bits per heavy atom. The van der Waals surface area contributed by atoms with Crippen LogP contribution in [0.1, 0.15) is 36.7 Å². The van der Waals surface area contributed by atoms with Crippen LogP contribution in [0.25, 0.3) is 0 Å². The average molecular weight is 194 g/mol. The van der Waals surface area contributed by atoms with E-state index in [0.717, 1.165) is 5.56 Å². The predicted molar refractivity (Wildman–Crippen MR) is 58.5 cm³/mol. The van der Waals surface area contributed by atoms with Crippen molar-refractivity contribution in [1.82, 2.24) is 0 Å². The van der Waals surface area contributed by atoms with Crippen LogP contribution in [0.15, 0.2) is 24.3 Å². The Kier molecular flexibility index (Phi) is 6.46. The van der Waals surface area contributed by atoms with E-state index in [1.807, 2.05) is 39.0 Å². The van der Waals surface area contributed by atoms with E-state index in [1.54, 1.807) is 13.0 Å². The molecule has 0 bridgehead atoms. The summed E-state index contributed by atoms with van der Waals surface area (Å²) < 4.78 is 4.84. The second-order valence-corrected chi connectivity index (χ2v) is 2.59. The van der Waals surface area contributed by atoms with Crippen LogP contribution in [0.3, 0.4) is 0 Å². The second kappa shape index (κ2) is 7.13. The summed E-state index contributed by atoms with van der Waals surface area (Å²) in [6.45, 7) is 8.17. The summed E-state index contributed by atoms with van der Waals surface area (Å²) in [5, 5.41) is 0. The molecule has 0 saturated heterocycles. The lowest BCUT2D eigenvalue weighted by molar-refractivity contribution is 0.0526. The molecule has 0 aliphatic carbocycles. The van der Waals surface area contributed by atoms with Crippen molar-refractivity contribution in [1.29, 1.82) is 0 Å². The van der Waals surface area contributed by atoms with Crippen LogP contribution < -0.4 is 0 Å². The SMILES string of the molecule is CC.CCOC(=O)c1cccc(C)c1. The van der Waals surface area contributed by atoms with Gasteiger partial charge in [0.05, 0.1) is 12.2 Å². The molecule has 1 aromatic rings. The van der Waals surface area contributed by atoms with Crippen LogP contribution in [0.4, 0.5) is 0 Å².